The quantitative estimate of drug-likeness (QED) is 0.437. The van der Waals surface area contributed by atoms with Crippen molar-refractivity contribution in [1.29, 1.82) is 0 Å². The predicted octanol–water partition coefficient (Wildman–Crippen LogP) is 5.05. The van der Waals surface area contributed by atoms with Crippen LogP contribution in [0.15, 0.2) is 30.3 Å². The second kappa shape index (κ2) is 11.0. The van der Waals surface area contributed by atoms with Gasteiger partial charge in [0, 0.05) is 19.2 Å². The highest BCUT2D eigenvalue weighted by Gasteiger charge is 2.09. The van der Waals surface area contributed by atoms with Gasteiger partial charge in [-0.05, 0) is 36.6 Å². The molecule has 2 nitrogen and oxygen atoms in total. The normalized spacial score (nSPS) is 11.0. The minimum Gasteiger partial charge on any atom is -0.339 e. The van der Waals surface area contributed by atoms with Crippen LogP contribution in [0, 0.1) is 5.82 Å². The van der Waals surface area contributed by atoms with Crippen LogP contribution in [0.2, 0.25) is 0 Å². The molecule has 0 aromatic heterocycles. The minimum absolute atomic E-state index is 0.0523. The smallest absolute Gasteiger partial charge is 0.246 e. The number of benzene rings is 1. The molecule has 0 aliphatic heterocycles. The number of carbonyl (C=O) groups excluding carboxylic acids is 1. The lowest BCUT2D eigenvalue weighted by Gasteiger charge is -2.21. The van der Waals surface area contributed by atoms with Crippen LogP contribution in [0.5, 0.6) is 0 Å². The van der Waals surface area contributed by atoms with Crippen molar-refractivity contribution < 1.29 is 9.18 Å². The van der Waals surface area contributed by atoms with Crippen molar-refractivity contribution in [3.05, 3.63) is 41.7 Å². The van der Waals surface area contributed by atoms with Gasteiger partial charge in [0.05, 0.1) is 0 Å². The highest BCUT2D eigenvalue weighted by Crippen LogP contribution is 2.07. The highest BCUT2D eigenvalue weighted by atomic mass is 19.1. The Morgan fingerprint density at radius 3 is 2.05 bits per heavy atom. The predicted molar refractivity (Wildman–Crippen MR) is 91.1 cm³/mol. The Balaban J connectivity index is 2.58. The summed E-state index contributed by atoms with van der Waals surface area (Å²) in [5, 5.41) is 0. The molecule has 0 aliphatic carbocycles. The zero-order chi connectivity index (χ0) is 16.2. The van der Waals surface area contributed by atoms with Gasteiger partial charge in [0.2, 0.25) is 5.91 Å². The largest absolute Gasteiger partial charge is 0.339 e. The molecule has 0 fully saturated rings. The van der Waals surface area contributed by atoms with E-state index in [9.17, 15) is 9.18 Å². The molecule has 0 saturated carbocycles. The van der Waals surface area contributed by atoms with Gasteiger partial charge >= 0.3 is 0 Å². The average molecular weight is 305 g/mol. The third kappa shape index (κ3) is 7.39. The number of nitrogens with zero attached hydrogens (tertiary/aromatic N) is 1. The Kier molecular flexibility index (Phi) is 9.20. The molecule has 1 aromatic rings. The minimum atomic E-state index is -0.260. The highest BCUT2D eigenvalue weighted by molar-refractivity contribution is 5.91. The summed E-state index contributed by atoms with van der Waals surface area (Å²) >= 11 is 0. The molecule has 0 heterocycles. The lowest BCUT2D eigenvalue weighted by atomic mass is 10.2. The second-order valence-electron chi connectivity index (χ2n) is 5.62. The first-order valence-electron chi connectivity index (χ1n) is 8.40. The maximum absolute atomic E-state index is 12.9. The number of amides is 1. The summed E-state index contributed by atoms with van der Waals surface area (Å²) in [6.07, 6.45) is 10.1. The van der Waals surface area contributed by atoms with E-state index in [1.807, 2.05) is 4.90 Å². The summed E-state index contributed by atoms with van der Waals surface area (Å²) in [6.45, 7) is 5.98. The van der Waals surface area contributed by atoms with Gasteiger partial charge in [-0.25, -0.2) is 4.39 Å². The van der Waals surface area contributed by atoms with Gasteiger partial charge in [-0.3, -0.25) is 4.79 Å². The molecular formula is C19H28FNO. The van der Waals surface area contributed by atoms with E-state index in [1.165, 1.54) is 12.1 Å². The summed E-state index contributed by atoms with van der Waals surface area (Å²) in [7, 11) is 0. The lowest BCUT2D eigenvalue weighted by molar-refractivity contribution is -0.126. The van der Waals surface area contributed by atoms with Crippen molar-refractivity contribution in [3.8, 4) is 0 Å². The zero-order valence-electron chi connectivity index (χ0n) is 13.9. The molecule has 0 spiro atoms. The Bertz CT molecular complexity index is 443. The number of hydrogen-bond acceptors (Lipinski definition) is 1. The third-order valence-corrected chi connectivity index (χ3v) is 3.66. The zero-order valence-corrected chi connectivity index (χ0v) is 13.9. The van der Waals surface area contributed by atoms with Gasteiger partial charge in [-0.2, -0.15) is 0 Å². The molecule has 0 atom stereocenters. The summed E-state index contributed by atoms with van der Waals surface area (Å²) < 4.78 is 12.9. The van der Waals surface area contributed by atoms with Gasteiger partial charge in [-0.1, -0.05) is 51.7 Å². The van der Waals surface area contributed by atoms with Gasteiger partial charge in [0.15, 0.2) is 0 Å². The Morgan fingerprint density at radius 1 is 1.00 bits per heavy atom. The fourth-order valence-electron chi connectivity index (χ4n) is 2.28. The van der Waals surface area contributed by atoms with E-state index in [1.54, 1.807) is 24.3 Å². The van der Waals surface area contributed by atoms with Crippen LogP contribution < -0.4 is 0 Å². The molecule has 1 amide bonds. The first kappa shape index (κ1) is 18.4. The topological polar surface area (TPSA) is 20.3 Å². The molecule has 0 saturated heterocycles. The summed E-state index contributed by atoms with van der Waals surface area (Å²) in [5.74, 6) is -0.208. The van der Waals surface area contributed by atoms with Crippen LogP contribution in [-0.4, -0.2) is 23.9 Å². The summed E-state index contributed by atoms with van der Waals surface area (Å²) in [4.78, 5) is 14.3. The second-order valence-corrected chi connectivity index (χ2v) is 5.62. The Labute approximate surface area is 134 Å². The maximum Gasteiger partial charge on any atom is 0.246 e. The number of rotatable bonds is 10. The molecular weight excluding hydrogens is 277 g/mol. The molecule has 1 rings (SSSR count). The molecule has 0 unspecified atom stereocenters. The third-order valence-electron chi connectivity index (χ3n) is 3.66. The van der Waals surface area contributed by atoms with Crippen molar-refractivity contribution in [1.82, 2.24) is 4.90 Å². The van der Waals surface area contributed by atoms with Crippen LogP contribution in [0.1, 0.15) is 57.9 Å². The first-order chi connectivity index (χ1) is 10.7. The SMILES string of the molecule is CCCCCN(CCCCC)C(=O)/C=C/c1ccc(F)cc1. The van der Waals surface area contributed by atoms with E-state index in [0.717, 1.165) is 57.2 Å². The van der Waals surface area contributed by atoms with E-state index in [4.69, 9.17) is 0 Å². The standard InChI is InChI=1S/C19H28FNO/c1-3-5-7-15-21(16-8-6-4-2)19(22)14-11-17-9-12-18(20)13-10-17/h9-14H,3-8,15-16H2,1-2H3/b14-11+. The number of halogens is 1. The maximum atomic E-state index is 12.9. The lowest BCUT2D eigenvalue weighted by Crippen LogP contribution is -2.31. The molecule has 0 bridgehead atoms. The monoisotopic (exact) mass is 305 g/mol. The van der Waals surface area contributed by atoms with Crippen molar-refractivity contribution in [2.24, 2.45) is 0 Å². The number of unbranched alkanes of at least 4 members (excludes halogenated alkanes) is 4. The van der Waals surface area contributed by atoms with Crippen LogP contribution in [0.4, 0.5) is 4.39 Å². The molecule has 1 aromatic carbocycles. The average Bonchev–Trinajstić information content (AvgIpc) is 2.53. The van der Waals surface area contributed by atoms with Crippen LogP contribution >= 0.6 is 0 Å². The number of carbonyl (C=O) groups is 1. The Morgan fingerprint density at radius 2 is 1.55 bits per heavy atom. The van der Waals surface area contributed by atoms with E-state index in [-0.39, 0.29) is 11.7 Å². The molecule has 3 heteroatoms. The summed E-state index contributed by atoms with van der Waals surface area (Å²) in [6, 6.07) is 6.17. The van der Waals surface area contributed by atoms with Gasteiger partial charge in [-0.15, -0.1) is 0 Å². The van der Waals surface area contributed by atoms with Crippen LogP contribution in [0.25, 0.3) is 6.08 Å². The molecule has 0 N–H and O–H groups in total. The molecule has 0 aliphatic rings. The first-order valence-corrected chi connectivity index (χ1v) is 8.40. The van der Waals surface area contributed by atoms with E-state index >= 15 is 0 Å². The Hall–Kier alpha value is -1.64. The van der Waals surface area contributed by atoms with Gasteiger partial charge in [0.25, 0.3) is 0 Å². The van der Waals surface area contributed by atoms with Crippen molar-refractivity contribution in [3.63, 3.8) is 0 Å². The van der Waals surface area contributed by atoms with E-state index in [2.05, 4.69) is 13.8 Å². The molecule has 122 valence electrons. The summed E-state index contributed by atoms with van der Waals surface area (Å²) in [5.41, 5.74) is 0.844. The number of hydrogen-bond donors (Lipinski definition) is 0. The van der Waals surface area contributed by atoms with Crippen LogP contribution in [-0.2, 0) is 4.79 Å². The molecule has 0 radical (unpaired) electrons. The van der Waals surface area contributed by atoms with Crippen molar-refractivity contribution in [2.45, 2.75) is 52.4 Å². The fourth-order valence-corrected chi connectivity index (χ4v) is 2.28. The fraction of sp³-hybridized carbons (Fsp3) is 0.526. The van der Waals surface area contributed by atoms with Gasteiger partial charge in [0.1, 0.15) is 5.82 Å². The van der Waals surface area contributed by atoms with Crippen molar-refractivity contribution in [2.75, 3.05) is 13.1 Å². The van der Waals surface area contributed by atoms with E-state index < -0.39 is 0 Å². The molecule has 22 heavy (non-hydrogen) atoms. The van der Waals surface area contributed by atoms with Crippen molar-refractivity contribution >= 4 is 12.0 Å². The van der Waals surface area contributed by atoms with Crippen LogP contribution in [0.3, 0.4) is 0 Å². The van der Waals surface area contributed by atoms with Gasteiger partial charge < -0.3 is 4.90 Å². The van der Waals surface area contributed by atoms with E-state index in [0.29, 0.717) is 0 Å².